The first kappa shape index (κ1) is 15.5. The van der Waals surface area contributed by atoms with Gasteiger partial charge in [0.05, 0.1) is 17.4 Å². The first-order valence-electron chi connectivity index (χ1n) is 7.70. The highest BCUT2D eigenvalue weighted by atomic mass is 32.2. The number of hydrogen-bond donors (Lipinski definition) is 0. The zero-order chi connectivity index (χ0) is 15.7. The molecule has 2 aliphatic rings. The molecule has 22 heavy (non-hydrogen) atoms. The summed E-state index contributed by atoms with van der Waals surface area (Å²) in [5.41, 5.74) is 0.878. The van der Waals surface area contributed by atoms with Crippen molar-refractivity contribution in [1.82, 2.24) is 4.90 Å². The minimum atomic E-state index is -3.05. The van der Waals surface area contributed by atoms with E-state index < -0.39 is 15.8 Å². The molecule has 0 N–H and O–H groups in total. The molecule has 2 aliphatic heterocycles. The maximum Gasteiger partial charge on any atom is 0.226 e. The number of amides is 1. The maximum atomic E-state index is 13.3. The van der Waals surface area contributed by atoms with E-state index >= 15 is 0 Å². The lowest BCUT2D eigenvalue weighted by Crippen LogP contribution is -2.41. The molecule has 0 saturated carbocycles. The van der Waals surface area contributed by atoms with Crippen LogP contribution in [0.25, 0.3) is 0 Å². The minimum Gasteiger partial charge on any atom is -0.339 e. The van der Waals surface area contributed by atoms with E-state index in [2.05, 4.69) is 0 Å². The second-order valence-electron chi connectivity index (χ2n) is 6.26. The number of carbonyl (C=O) groups excluding carboxylic acids is 1. The molecule has 0 aliphatic carbocycles. The number of halogens is 1. The monoisotopic (exact) mass is 325 g/mol. The van der Waals surface area contributed by atoms with E-state index in [9.17, 15) is 17.6 Å². The highest BCUT2D eigenvalue weighted by Crippen LogP contribution is 2.27. The number of nitrogens with zero attached hydrogens (tertiary/aromatic N) is 1. The lowest BCUT2D eigenvalue weighted by molar-refractivity contribution is -0.135. The van der Waals surface area contributed by atoms with Crippen molar-refractivity contribution in [1.29, 1.82) is 0 Å². The van der Waals surface area contributed by atoms with Crippen LogP contribution in [0.1, 0.15) is 24.8 Å². The number of carbonyl (C=O) groups is 1. The van der Waals surface area contributed by atoms with E-state index in [1.807, 2.05) is 11.0 Å². The molecule has 120 valence electrons. The van der Waals surface area contributed by atoms with Gasteiger partial charge in [0.1, 0.15) is 5.82 Å². The smallest absolute Gasteiger partial charge is 0.226 e. The van der Waals surface area contributed by atoms with Gasteiger partial charge in [-0.25, -0.2) is 12.8 Å². The molecule has 4 nitrogen and oxygen atoms in total. The van der Waals surface area contributed by atoms with Crippen molar-refractivity contribution < 1.29 is 17.6 Å². The van der Waals surface area contributed by atoms with E-state index in [1.54, 1.807) is 6.07 Å². The van der Waals surface area contributed by atoms with Crippen LogP contribution >= 0.6 is 0 Å². The lowest BCUT2D eigenvalue weighted by atomic mass is 10.0. The largest absolute Gasteiger partial charge is 0.339 e. The van der Waals surface area contributed by atoms with Crippen molar-refractivity contribution in [3.63, 3.8) is 0 Å². The average molecular weight is 325 g/mol. The van der Waals surface area contributed by atoms with Gasteiger partial charge in [-0.2, -0.15) is 0 Å². The van der Waals surface area contributed by atoms with Gasteiger partial charge in [-0.05, 0) is 43.4 Å². The summed E-state index contributed by atoms with van der Waals surface area (Å²) < 4.78 is 36.4. The summed E-state index contributed by atoms with van der Waals surface area (Å²) in [6, 6.07) is 6.50. The Balaban J connectivity index is 1.69. The Kier molecular flexibility index (Phi) is 4.21. The molecular formula is C16H20FNO3S. The number of sulfone groups is 1. The van der Waals surface area contributed by atoms with E-state index in [0.29, 0.717) is 19.4 Å². The average Bonchev–Trinajstić information content (AvgIpc) is 3.04. The third kappa shape index (κ3) is 3.32. The Labute approximate surface area is 130 Å². The Hall–Kier alpha value is -1.43. The molecular weight excluding hydrogens is 305 g/mol. The van der Waals surface area contributed by atoms with Crippen molar-refractivity contribution in [3.8, 4) is 0 Å². The Morgan fingerprint density at radius 3 is 2.82 bits per heavy atom. The minimum absolute atomic E-state index is 0.0188. The molecule has 1 amide bonds. The maximum absolute atomic E-state index is 13.3. The summed E-state index contributed by atoms with van der Waals surface area (Å²) in [6.45, 7) is 0.676. The fourth-order valence-corrected chi connectivity index (χ4v) is 5.23. The molecule has 3 rings (SSSR count). The van der Waals surface area contributed by atoms with Crippen LogP contribution in [-0.2, 0) is 21.1 Å². The van der Waals surface area contributed by atoms with E-state index in [0.717, 1.165) is 18.4 Å². The van der Waals surface area contributed by atoms with Crippen LogP contribution in [0.15, 0.2) is 24.3 Å². The quantitative estimate of drug-likeness (QED) is 0.851. The molecule has 2 saturated heterocycles. The van der Waals surface area contributed by atoms with Gasteiger partial charge in [-0.3, -0.25) is 4.79 Å². The van der Waals surface area contributed by atoms with Crippen molar-refractivity contribution in [3.05, 3.63) is 35.6 Å². The predicted octanol–water partition coefficient (Wildman–Crippen LogP) is 1.79. The standard InChI is InChI=1S/C16H20FNO3S/c17-14-4-1-3-12(9-14)10-15-5-2-7-18(15)16(19)13-6-8-22(20,21)11-13/h1,3-4,9,13,15H,2,5-8,10-11H2/t13-,15+/m1/s1. The van der Waals surface area contributed by atoms with Gasteiger partial charge < -0.3 is 4.90 Å². The first-order chi connectivity index (χ1) is 10.4. The molecule has 1 aromatic rings. The second kappa shape index (κ2) is 5.99. The predicted molar refractivity (Wildman–Crippen MR) is 81.6 cm³/mol. The van der Waals surface area contributed by atoms with Gasteiger partial charge in [-0.1, -0.05) is 12.1 Å². The Morgan fingerprint density at radius 2 is 2.14 bits per heavy atom. The number of benzene rings is 1. The molecule has 1 aromatic carbocycles. The molecule has 6 heteroatoms. The van der Waals surface area contributed by atoms with Crippen LogP contribution in [0.5, 0.6) is 0 Å². The molecule has 2 fully saturated rings. The zero-order valence-electron chi connectivity index (χ0n) is 12.4. The molecule has 0 radical (unpaired) electrons. The highest BCUT2D eigenvalue weighted by Gasteiger charge is 2.38. The molecule has 0 bridgehead atoms. The van der Waals surface area contributed by atoms with E-state index in [1.165, 1.54) is 12.1 Å². The van der Waals surface area contributed by atoms with Gasteiger partial charge >= 0.3 is 0 Å². The van der Waals surface area contributed by atoms with Crippen molar-refractivity contribution in [2.24, 2.45) is 5.92 Å². The van der Waals surface area contributed by atoms with Crippen LogP contribution in [-0.4, -0.2) is 43.3 Å². The van der Waals surface area contributed by atoms with Crippen LogP contribution in [0.3, 0.4) is 0 Å². The van der Waals surface area contributed by atoms with Gasteiger partial charge in [0, 0.05) is 12.6 Å². The summed E-state index contributed by atoms with van der Waals surface area (Å²) in [7, 11) is -3.05. The first-order valence-corrected chi connectivity index (χ1v) is 9.52. The number of rotatable bonds is 3. The molecule has 2 atom stereocenters. The zero-order valence-corrected chi connectivity index (χ0v) is 13.2. The normalized spacial score (nSPS) is 27.2. The van der Waals surface area contributed by atoms with Crippen molar-refractivity contribution in [2.75, 3.05) is 18.1 Å². The molecule has 2 heterocycles. The molecule has 0 spiro atoms. The third-order valence-electron chi connectivity index (χ3n) is 4.60. The van der Waals surface area contributed by atoms with Gasteiger partial charge in [0.2, 0.25) is 5.91 Å². The molecule has 0 unspecified atom stereocenters. The molecule has 0 aromatic heterocycles. The number of hydrogen-bond acceptors (Lipinski definition) is 3. The summed E-state index contributed by atoms with van der Waals surface area (Å²) in [6.07, 6.45) is 2.88. The van der Waals surface area contributed by atoms with Crippen LogP contribution in [0, 0.1) is 11.7 Å². The summed E-state index contributed by atoms with van der Waals surface area (Å²) >= 11 is 0. The van der Waals surface area contributed by atoms with E-state index in [-0.39, 0.29) is 29.3 Å². The fraction of sp³-hybridized carbons (Fsp3) is 0.562. The summed E-state index contributed by atoms with van der Waals surface area (Å²) in [4.78, 5) is 14.4. The van der Waals surface area contributed by atoms with Crippen LogP contribution in [0.4, 0.5) is 4.39 Å². The SMILES string of the molecule is O=C([C@@H]1CCS(=O)(=O)C1)N1CCC[C@H]1Cc1cccc(F)c1. The van der Waals surface area contributed by atoms with Gasteiger partial charge in [0.25, 0.3) is 0 Å². The summed E-state index contributed by atoms with van der Waals surface area (Å²) in [5.74, 6) is -0.603. The van der Waals surface area contributed by atoms with Crippen LogP contribution < -0.4 is 0 Å². The highest BCUT2D eigenvalue weighted by molar-refractivity contribution is 7.91. The Bertz CT molecular complexity index is 674. The van der Waals surface area contributed by atoms with Crippen molar-refractivity contribution >= 4 is 15.7 Å². The van der Waals surface area contributed by atoms with Gasteiger partial charge in [-0.15, -0.1) is 0 Å². The van der Waals surface area contributed by atoms with E-state index in [4.69, 9.17) is 0 Å². The third-order valence-corrected chi connectivity index (χ3v) is 6.37. The van der Waals surface area contributed by atoms with Gasteiger partial charge in [0.15, 0.2) is 9.84 Å². The fourth-order valence-electron chi connectivity index (χ4n) is 3.50. The summed E-state index contributed by atoms with van der Waals surface area (Å²) in [5, 5.41) is 0. The van der Waals surface area contributed by atoms with Crippen LogP contribution in [0.2, 0.25) is 0 Å². The number of likely N-dealkylation sites (tertiary alicyclic amines) is 1. The second-order valence-corrected chi connectivity index (χ2v) is 8.49. The lowest BCUT2D eigenvalue weighted by Gasteiger charge is -2.27. The topological polar surface area (TPSA) is 54.5 Å². The van der Waals surface area contributed by atoms with Crippen molar-refractivity contribution in [2.45, 2.75) is 31.7 Å². The Morgan fingerprint density at radius 1 is 1.32 bits per heavy atom.